The first-order valence-electron chi connectivity index (χ1n) is 4.39. The maximum atomic E-state index is 6.03. The van der Waals surface area contributed by atoms with E-state index in [4.69, 9.17) is 28.9 Å². The molecule has 0 aromatic heterocycles. The van der Waals surface area contributed by atoms with Crippen molar-refractivity contribution in [3.8, 4) is 0 Å². The fraction of sp³-hybridized carbons (Fsp3) is 0.400. The average molecular weight is 216 g/mol. The molecule has 0 heterocycles. The van der Waals surface area contributed by atoms with Crippen LogP contribution in [0.5, 0.6) is 0 Å². The van der Waals surface area contributed by atoms with Crippen LogP contribution < -0.4 is 5.73 Å². The number of hydrogen-bond donors (Lipinski definition) is 1. The molecule has 1 aromatic carbocycles. The lowest BCUT2D eigenvalue weighted by Gasteiger charge is -2.12. The molecule has 0 aliphatic heterocycles. The largest absolute Gasteiger partial charge is 0.324 e. The van der Waals surface area contributed by atoms with E-state index < -0.39 is 0 Å². The van der Waals surface area contributed by atoms with E-state index in [1.54, 1.807) is 6.07 Å². The van der Waals surface area contributed by atoms with Gasteiger partial charge in [0.2, 0.25) is 0 Å². The third-order valence-electron chi connectivity index (χ3n) is 2.45. The van der Waals surface area contributed by atoms with Gasteiger partial charge in [-0.1, -0.05) is 23.2 Å². The molecule has 0 saturated heterocycles. The van der Waals surface area contributed by atoms with Crippen LogP contribution >= 0.6 is 23.2 Å². The van der Waals surface area contributed by atoms with Crippen molar-refractivity contribution >= 4 is 23.2 Å². The van der Waals surface area contributed by atoms with E-state index in [0.717, 1.165) is 10.6 Å². The average Bonchev–Trinajstić information content (AvgIpc) is 2.91. The molecule has 1 nitrogen and oxygen atoms in total. The molecule has 2 N–H and O–H groups in total. The second kappa shape index (κ2) is 3.49. The Hall–Kier alpha value is -0.240. The highest BCUT2D eigenvalue weighted by molar-refractivity contribution is 6.33. The summed E-state index contributed by atoms with van der Waals surface area (Å²) in [4.78, 5) is 0. The Labute approximate surface area is 87.8 Å². The van der Waals surface area contributed by atoms with E-state index in [0.29, 0.717) is 10.9 Å². The standard InChI is InChI=1S/C10H11Cl2N/c11-7-3-4-9(12)8(5-7)10(13)6-1-2-6/h3-6,10H,1-2,13H2/t10-/m0/s1. The number of halogens is 2. The quantitative estimate of drug-likeness (QED) is 0.805. The van der Waals surface area contributed by atoms with Crippen molar-refractivity contribution in [2.45, 2.75) is 18.9 Å². The molecule has 2 rings (SSSR count). The highest BCUT2D eigenvalue weighted by Crippen LogP contribution is 2.41. The van der Waals surface area contributed by atoms with Crippen LogP contribution in [0, 0.1) is 5.92 Å². The van der Waals surface area contributed by atoms with Gasteiger partial charge in [0.15, 0.2) is 0 Å². The fourth-order valence-electron chi connectivity index (χ4n) is 1.48. The first kappa shape index (κ1) is 9.32. The third-order valence-corrected chi connectivity index (χ3v) is 3.03. The van der Waals surface area contributed by atoms with Crippen LogP contribution in [0.3, 0.4) is 0 Å². The molecule has 1 fully saturated rings. The van der Waals surface area contributed by atoms with Gasteiger partial charge in [-0.3, -0.25) is 0 Å². The van der Waals surface area contributed by atoms with Crippen molar-refractivity contribution in [2.24, 2.45) is 11.7 Å². The molecule has 0 spiro atoms. The second-order valence-corrected chi connectivity index (χ2v) is 4.37. The van der Waals surface area contributed by atoms with E-state index >= 15 is 0 Å². The summed E-state index contributed by atoms with van der Waals surface area (Å²) in [5, 5.41) is 1.43. The molecule has 0 radical (unpaired) electrons. The highest BCUT2D eigenvalue weighted by atomic mass is 35.5. The molecular weight excluding hydrogens is 205 g/mol. The van der Waals surface area contributed by atoms with E-state index in [2.05, 4.69) is 0 Å². The summed E-state index contributed by atoms with van der Waals surface area (Å²) < 4.78 is 0. The van der Waals surface area contributed by atoms with Crippen molar-refractivity contribution in [1.29, 1.82) is 0 Å². The SMILES string of the molecule is N[C@H](c1cc(Cl)ccc1Cl)C1CC1. The van der Waals surface area contributed by atoms with Gasteiger partial charge in [-0.2, -0.15) is 0 Å². The number of hydrogen-bond acceptors (Lipinski definition) is 1. The van der Waals surface area contributed by atoms with Crippen molar-refractivity contribution in [3.63, 3.8) is 0 Å². The monoisotopic (exact) mass is 215 g/mol. The number of nitrogens with two attached hydrogens (primary N) is 1. The summed E-state index contributed by atoms with van der Waals surface area (Å²) in [5.74, 6) is 0.607. The summed E-state index contributed by atoms with van der Waals surface area (Å²) in [5.41, 5.74) is 7.01. The van der Waals surface area contributed by atoms with Gasteiger partial charge < -0.3 is 5.73 Å². The van der Waals surface area contributed by atoms with E-state index in [9.17, 15) is 0 Å². The van der Waals surface area contributed by atoms with Gasteiger partial charge in [0.25, 0.3) is 0 Å². The van der Waals surface area contributed by atoms with Gasteiger partial charge >= 0.3 is 0 Å². The molecule has 70 valence electrons. The van der Waals surface area contributed by atoms with Crippen molar-refractivity contribution in [1.82, 2.24) is 0 Å². The maximum Gasteiger partial charge on any atom is 0.0454 e. The summed E-state index contributed by atoms with van der Waals surface area (Å²) in [6.07, 6.45) is 2.42. The molecule has 0 amide bonds. The van der Waals surface area contributed by atoms with Gasteiger partial charge in [0.05, 0.1) is 0 Å². The van der Waals surface area contributed by atoms with Crippen molar-refractivity contribution in [3.05, 3.63) is 33.8 Å². The summed E-state index contributed by atoms with van der Waals surface area (Å²) in [6.45, 7) is 0. The van der Waals surface area contributed by atoms with Crippen molar-refractivity contribution in [2.75, 3.05) is 0 Å². The summed E-state index contributed by atoms with van der Waals surface area (Å²) in [7, 11) is 0. The zero-order chi connectivity index (χ0) is 9.42. The second-order valence-electron chi connectivity index (χ2n) is 3.53. The van der Waals surface area contributed by atoms with Crippen molar-refractivity contribution < 1.29 is 0 Å². The Kier molecular flexibility index (Phi) is 2.50. The number of rotatable bonds is 2. The van der Waals surface area contributed by atoms with Gasteiger partial charge in [-0.05, 0) is 42.5 Å². The van der Waals surface area contributed by atoms with Crippen LogP contribution in [0.2, 0.25) is 10.0 Å². The zero-order valence-corrected chi connectivity index (χ0v) is 8.65. The minimum atomic E-state index is 0.0613. The molecule has 13 heavy (non-hydrogen) atoms. The van der Waals surface area contributed by atoms with E-state index in [1.165, 1.54) is 12.8 Å². The van der Waals surface area contributed by atoms with E-state index in [1.807, 2.05) is 12.1 Å². The summed E-state index contributed by atoms with van der Waals surface area (Å²) in [6, 6.07) is 5.52. The van der Waals surface area contributed by atoms with Crippen LogP contribution in [0.4, 0.5) is 0 Å². The molecule has 3 heteroatoms. The van der Waals surface area contributed by atoms with E-state index in [-0.39, 0.29) is 6.04 Å². The van der Waals surface area contributed by atoms with Crippen LogP contribution in [-0.2, 0) is 0 Å². The Bertz CT molecular complexity index is 321. The van der Waals surface area contributed by atoms with Gasteiger partial charge in [0.1, 0.15) is 0 Å². The Morgan fingerprint density at radius 2 is 2.00 bits per heavy atom. The van der Waals surface area contributed by atoms with Gasteiger partial charge in [-0.25, -0.2) is 0 Å². The predicted octanol–water partition coefficient (Wildman–Crippen LogP) is 3.40. The van der Waals surface area contributed by atoms with Crippen LogP contribution in [0.1, 0.15) is 24.4 Å². The first-order chi connectivity index (χ1) is 6.18. The van der Waals surface area contributed by atoms with Gasteiger partial charge in [0, 0.05) is 16.1 Å². The minimum absolute atomic E-state index is 0.0613. The molecule has 1 saturated carbocycles. The lowest BCUT2D eigenvalue weighted by Crippen LogP contribution is -2.12. The lowest BCUT2D eigenvalue weighted by atomic mass is 10.0. The molecular formula is C10H11Cl2N. The Balaban J connectivity index is 2.31. The molecule has 0 bridgehead atoms. The molecule has 1 aromatic rings. The smallest absolute Gasteiger partial charge is 0.0454 e. The number of benzene rings is 1. The molecule has 1 aliphatic rings. The Morgan fingerprint density at radius 1 is 1.31 bits per heavy atom. The third kappa shape index (κ3) is 1.98. The first-order valence-corrected chi connectivity index (χ1v) is 5.14. The lowest BCUT2D eigenvalue weighted by molar-refractivity contribution is 0.634. The molecule has 1 atom stereocenters. The predicted molar refractivity (Wildman–Crippen MR) is 56.1 cm³/mol. The van der Waals surface area contributed by atoms with Crippen LogP contribution in [-0.4, -0.2) is 0 Å². The topological polar surface area (TPSA) is 26.0 Å². The fourth-order valence-corrected chi connectivity index (χ4v) is 1.90. The van der Waals surface area contributed by atoms with Crippen LogP contribution in [0.25, 0.3) is 0 Å². The zero-order valence-electron chi connectivity index (χ0n) is 7.13. The van der Waals surface area contributed by atoms with Gasteiger partial charge in [-0.15, -0.1) is 0 Å². The van der Waals surface area contributed by atoms with Crippen LogP contribution in [0.15, 0.2) is 18.2 Å². The molecule has 0 unspecified atom stereocenters. The summed E-state index contributed by atoms with van der Waals surface area (Å²) >= 11 is 11.9. The normalized spacial score (nSPS) is 18.7. The maximum absolute atomic E-state index is 6.03. The highest BCUT2D eigenvalue weighted by Gasteiger charge is 2.30. The minimum Gasteiger partial charge on any atom is -0.324 e. The Morgan fingerprint density at radius 3 is 2.62 bits per heavy atom. The molecule has 1 aliphatic carbocycles.